The molecule has 184 valence electrons. The van der Waals surface area contributed by atoms with Crippen molar-refractivity contribution in [3.05, 3.63) is 59.7 Å². The lowest BCUT2D eigenvalue weighted by Crippen LogP contribution is -2.58. The molecular formula is C25H27F2N5O3. The molecule has 0 spiro atoms. The van der Waals surface area contributed by atoms with Gasteiger partial charge in [0.2, 0.25) is 11.8 Å². The molecular weight excluding hydrogens is 456 g/mol. The highest BCUT2D eigenvalue weighted by Crippen LogP contribution is 2.30. The van der Waals surface area contributed by atoms with Crippen LogP contribution in [0.5, 0.6) is 0 Å². The standard InChI is InChI=1S/C25H27F2N5O3/c26-16-5-7-20(19(27)11-16)30-25(35)29-17-12-22-24(34)28-13-18(32(22)14-17)6-8-23(33)31-10-9-15-3-1-2-4-21(15)31/h1-5,7,11,17-18,22H,6,8-10,12-14H2,(H,28,34)(H2,29,30,35). The third kappa shape index (κ3) is 4.84. The van der Waals surface area contributed by atoms with E-state index in [1.54, 1.807) is 0 Å². The van der Waals surface area contributed by atoms with Crippen molar-refractivity contribution >= 4 is 29.2 Å². The van der Waals surface area contributed by atoms with E-state index in [9.17, 15) is 23.2 Å². The zero-order chi connectivity index (χ0) is 24.5. The summed E-state index contributed by atoms with van der Waals surface area (Å²) in [6.45, 7) is 1.57. The molecule has 8 nitrogen and oxygen atoms in total. The molecule has 3 heterocycles. The van der Waals surface area contributed by atoms with Crippen LogP contribution in [0.25, 0.3) is 0 Å². The number of hydrogen-bond acceptors (Lipinski definition) is 4. The lowest BCUT2D eigenvalue weighted by molar-refractivity contribution is -0.129. The maximum absolute atomic E-state index is 13.8. The van der Waals surface area contributed by atoms with Gasteiger partial charge in [-0.25, -0.2) is 13.6 Å². The van der Waals surface area contributed by atoms with E-state index < -0.39 is 23.7 Å². The van der Waals surface area contributed by atoms with E-state index in [1.165, 1.54) is 5.56 Å². The summed E-state index contributed by atoms with van der Waals surface area (Å²) in [7, 11) is 0. The van der Waals surface area contributed by atoms with Gasteiger partial charge in [0.05, 0.1) is 11.7 Å². The number of carbonyl (C=O) groups is 3. The van der Waals surface area contributed by atoms with E-state index in [2.05, 4.69) is 16.0 Å². The molecule has 3 N–H and O–H groups in total. The Morgan fingerprint density at radius 2 is 1.97 bits per heavy atom. The molecule has 3 atom stereocenters. The summed E-state index contributed by atoms with van der Waals surface area (Å²) >= 11 is 0. The van der Waals surface area contributed by atoms with Crippen LogP contribution in [0.1, 0.15) is 24.8 Å². The number of anilines is 2. The van der Waals surface area contributed by atoms with Gasteiger partial charge in [-0.3, -0.25) is 14.5 Å². The molecule has 4 amide bonds. The van der Waals surface area contributed by atoms with Crippen LogP contribution in [-0.4, -0.2) is 60.5 Å². The SMILES string of the molecule is O=C(Nc1ccc(F)cc1F)NC1CC2C(=O)NCC(CCC(=O)N3CCc4ccccc43)N2C1. The Kier molecular flexibility index (Phi) is 6.38. The van der Waals surface area contributed by atoms with Gasteiger partial charge in [-0.05, 0) is 43.0 Å². The van der Waals surface area contributed by atoms with Crippen molar-refractivity contribution in [2.24, 2.45) is 0 Å². The molecule has 0 aromatic heterocycles. The van der Waals surface area contributed by atoms with Gasteiger partial charge in [0, 0.05) is 49.9 Å². The van der Waals surface area contributed by atoms with Gasteiger partial charge in [0.1, 0.15) is 11.6 Å². The molecule has 2 aromatic rings. The average Bonchev–Trinajstić information content (AvgIpc) is 3.45. The van der Waals surface area contributed by atoms with Gasteiger partial charge < -0.3 is 20.9 Å². The number of piperazine rings is 1. The number of nitrogens with one attached hydrogen (secondary N) is 3. The Labute approximate surface area is 201 Å². The molecule has 35 heavy (non-hydrogen) atoms. The first-order chi connectivity index (χ1) is 16.9. The number of urea groups is 1. The lowest BCUT2D eigenvalue weighted by atomic mass is 10.0. The minimum Gasteiger partial charge on any atom is -0.353 e. The molecule has 3 aliphatic heterocycles. The van der Waals surface area contributed by atoms with Crippen LogP contribution in [0, 0.1) is 11.6 Å². The molecule has 3 unspecified atom stereocenters. The quantitative estimate of drug-likeness (QED) is 0.609. The Morgan fingerprint density at radius 3 is 2.80 bits per heavy atom. The number of rotatable bonds is 5. The molecule has 0 aliphatic carbocycles. The summed E-state index contributed by atoms with van der Waals surface area (Å²) in [5.74, 6) is -1.63. The van der Waals surface area contributed by atoms with E-state index in [1.807, 2.05) is 34.1 Å². The van der Waals surface area contributed by atoms with Crippen molar-refractivity contribution in [3.63, 3.8) is 0 Å². The van der Waals surface area contributed by atoms with Crippen molar-refractivity contribution in [2.75, 3.05) is 29.9 Å². The Bertz CT molecular complexity index is 1160. The topological polar surface area (TPSA) is 93.8 Å². The fourth-order valence-electron chi connectivity index (χ4n) is 5.31. The molecule has 0 radical (unpaired) electrons. The minimum absolute atomic E-state index is 0.0242. The first-order valence-corrected chi connectivity index (χ1v) is 11.8. The summed E-state index contributed by atoms with van der Waals surface area (Å²) in [5.41, 5.74) is 2.02. The average molecular weight is 484 g/mol. The number of hydrogen-bond donors (Lipinski definition) is 3. The van der Waals surface area contributed by atoms with Crippen molar-refractivity contribution in [2.45, 2.75) is 43.8 Å². The fraction of sp³-hybridized carbons (Fsp3) is 0.400. The second kappa shape index (κ2) is 9.61. The van der Waals surface area contributed by atoms with Crippen LogP contribution in [0.15, 0.2) is 42.5 Å². The number of carbonyl (C=O) groups excluding carboxylic acids is 3. The van der Waals surface area contributed by atoms with Gasteiger partial charge in [-0.15, -0.1) is 0 Å². The highest BCUT2D eigenvalue weighted by atomic mass is 19.1. The third-order valence-electron chi connectivity index (χ3n) is 7.02. The zero-order valence-electron chi connectivity index (χ0n) is 19.1. The number of nitrogens with zero attached hydrogens (tertiary/aromatic N) is 2. The number of benzene rings is 2. The van der Waals surface area contributed by atoms with E-state index in [0.717, 1.165) is 24.2 Å². The summed E-state index contributed by atoms with van der Waals surface area (Å²) in [4.78, 5) is 41.7. The van der Waals surface area contributed by atoms with Crippen LogP contribution >= 0.6 is 0 Å². The molecule has 3 aliphatic rings. The first kappa shape index (κ1) is 23.2. The highest BCUT2D eigenvalue weighted by Gasteiger charge is 2.44. The van der Waals surface area contributed by atoms with E-state index >= 15 is 0 Å². The van der Waals surface area contributed by atoms with Crippen LogP contribution in [0.3, 0.4) is 0 Å². The van der Waals surface area contributed by atoms with Gasteiger partial charge in [0.15, 0.2) is 0 Å². The normalized spacial score (nSPS) is 23.4. The van der Waals surface area contributed by atoms with Crippen molar-refractivity contribution < 1.29 is 23.2 Å². The van der Waals surface area contributed by atoms with E-state index in [-0.39, 0.29) is 29.6 Å². The number of fused-ring (bicyclic) bond motifs is 2. The largest absolute Gasteiger partial charge is 0.353 e. The van der Waals surface area contributed by atoms with Crippen LogP contribution in [0.2, 0.25) is 0 Å². The van der Waals surface area contributed by atoms with Crippen LogP contribution in [-0.2, 0) is 16.0 Å². The maximum Gasteiger partial charge on any atom is 0.319 e. The van der Waals surface area contributed by atoms with Gasteiger partial charge in [0.25, 0.3) is 0 Å². The Morgan fingerprint density at radius 1 is 1.14 bits per heavy atom. The second-order valence-electron chi connectivity index (χ2n) is 9.23. The Balaban J connectivity index is 1.17. The van der Waals surface area contributed by atoms with Gasteiger partial charge in [-0.2, -0.15) is 0 Å². The van der Waals surface area contributed by atoms with Crippen molar-refractivity contribution in [3.8, 4) is 0 Å². The number of amides is 4. The van der Waals surface area contributed by atoms with Crippen LogP contribution < -0.4 is 20.9 Å². The molecule has 10 heteroatoms. The zero-order valence-corrected chi connectivity index (χ0v) is 19.1. The monoisotopic (exact) mass is 483 g/mol. The molecule has 2 fully saturated rings. The number of para-hydroxylation sites is 1. The molecule has 2 aromatic carbocycles. The van der Waals surface area contributed by atoms with Gasteiger partial charge in [-0.1, -0.05) is 18.2 Å². The summed E-state index contributed by atoms with van der Waals surface area (Å²) < 4.78 is 26.9. The maximum atomic E-state index is 13.8. The molecule has 0 saturated carbocycles. The van der Waals surface area contributed by atoms with E-state index in [0.29, 0.717) is 45.0 Å². The van der Waals surface area contributed by atoms with E-state index in [4.69, 9.17) is 0 Å². The molecule has 0 bridgehead atoms. The first-order valence-electron chi connectivity index (χ1n) is 11.8. The molecule has 5 rings (SSSR count). The predicted molar refractivity (Wildman–Crippen MR) is 126 cm³/mol. The van der Waals surface area contributed by atoms with Crippen molar-refractivity contribution in [1.82, 2.24) is 15.5 Å². The number of halogens is 2. The molecule has 2 saturated heterocycles. The minimum atomic E-state index is -0.867. The summed E-state index contributed by atoms with van der Waals surface area (Å²) in [5, 5.41) is 8.09. The summed E-state index contributed by atoms with van der Waals surface area (Å²) in [6.07, 6.45) is 2.22. The lowest BCUT2D eigenvalue weighted by Gasteiger charge is -2.37. The van der Waals surface area contributed by atoms with Gasteiger partial charge >= 0.3 is 6.03 Å². The summed E-state index contributed by atoms with van der Waals surface area (Å²) in [6, 6.07) is 9.47. The second-order valence-corrected chi connectivity index (χ2v) is 9.23. The predicted octanol–water partition coefficient (Wildman–Crippen LogP) is 2.40. The fourth-order valence-corrected chi connectivity index (χ4v) is 5.31. The van der Waals surface area contributed by atoms with Crippen LogP contribution in [0.4, 0.5) is 25.0 Å². The third-order valence-corrected chi connectivity index (χ3v) is 7.02. The highest BCUT2D eigenvalue weighted by molar-refractivity contribution is 5.95. The Hall–Kier alpha value is -3.53. The smallest absolute Gasteiger partial charge is 0.319 e. The van der Waals surface area contributed by atoms with Crippen molar-refractivity contribution in [1.29, 1.82) is 0 Å².